The second-order valence-electron chi connectivity index (χ2n) is 3.86. The van der Waals surface area contributed by atoms with Gasteiger partial charge in [0.25, 0.3) is 0 Å². The van der Waals surface area contributed by atoms with Gasteiger partial charge in [-0.05, 0) is 31.0 Å². The van der Waals surface area contributed by atoms with E-state index >= 15 is 0 Å². The van der Waals surface area contributed by atoms with E-state index < -0.39 is 5.97 Å². The molecule has 1 rings (SSSR count). The molecule has 17 heavy (non-hydrogen) atoms. The number of hydrogen-bond acceptors (Lipinski definition) is 2. The molecule has 1 aromatic carbocycles. The minimum absolute atomic E-state index is 0.270. The van der Waals surface area contributed by atoms with Crippen LogP contribution in [0.25, 0.3) is 0 Å². The lowest BCUT2D eigenvalue weighted by Gasteiger charge is -2.06. The van der Waals surface area contributed by atoms with Crippen molar-refractivity contribution >= 4 is 21.9 Å². The van der Waals surface area contributed by atoms with Crippen LogP contribution in [0, 0.1) is 0 Å². The minimum Gasteiger partial charge on any atom is -0.494 e. The normalized spacial score (nSPS) is 10.2. The molecule has 0 unspecified atom stereocenters. The molecule has 0 aliphatic heterocycles. The van der Waals surface area contributed by atoms with E-state index in [4.69, 9.17) is 9.84 Å². The van der Waals surface area contributed by atoms with Gasteiger partial charge in [-0.1, -0.05) is 34.8 Å². The molecule has 94 valence electrons. The first-order chi connectivity index (χ1) is 8.18. The van der Waals surface area contributed by atoms with Gasteiger partial charge >= 0.3 is 5.97 Å². The minimum atomic E-state index is -0.713. The van der Waals surface area contributed by atoms with Crippen molar-refractivity contribution in [1.29, 1.82) is 0 Å². The molecule has 0 fully saturated rings. The fraction of sp³-hybridized carbons (Fsp3) is 0.462. The van der Waals surface area contributed by atoms with Crippen LogP contribution in [0.15, 0.2) is 28.7 Å². The predicted molar refractivity (Wildman–Crippen MR) is 70.4 cm³/mol. The number of carboxylic acid groups (broad SMARTS) is 1. The Morgan fingerprint density at radius 3 is 2.71 bits per heavy atom. The lowest BCUT2D eigenvalue weighted by atomic mass is 10.1. The molecule has 0 spiro atoms. The van der Waals surface area contributed by atoms with Crippen LogP contribution < -0.4 is 4.74 Å². The fourth-order valence-electron chi connectivity index (χ4n) is 1.48. The van der Waals surface area contributed by atoms with E-state index in [1.165, 1.54) is 0 Å². The Kier molecular flexibility index (Phi) is 6.70. The van der Waals surface area contributed by atoms with Gasteiger partial charge in [-0.2, -0.15) is 0 Å². The van der Waals surface area contributed by atoms with E-state index in [-0.39, 0.29) is 6.42 Å². The molecule has 0 heterocycles. The molecule has 0 saturated carbocycles. The largest absolute Gasteiger partial charge is 0.494 e. The number of ether oxygens (including phenoxy) is 1. The van der Waals surface area contributed by atoms with Gasteiger partial charge in [-0.25, -0.2) is 0 Å². The van der Waals surface area contributed by atoms with Crippen molar-refractivity contribution in [3.05, 3.63) is 28.7 Å². The van der Waals surface area contributed by atoms with Crippen LogP contribution in [0.1, 0.15) is 32.1 Å². The van der Waals surface area contributed by atoms with Gasteiger partial charge in [-0.3, -0.25) is 4.79 Å². The van der Waals surface area contributed by atoms with Crippen molar-refractivity contribution in [3.63, 3.8) is 0 Å². The number of carboxylic acids is 1. The zero-order valence-corrected chi connectivity index (χ0v) is 11.3. The van der Waals surface area contributed by atoms with Crippen LogP contribution in [0.3, 0.4) is 0 Å². The molecule has 1 N–H and O–H groups in total. The Balaban J connectivity index is 2.03. The molecule has 0 radical (unpaired) electrons. The fourth-order valence-corrected chi connectivity index (χ4v) is 1.86. The highest BCUT2D eigenvalue weighted by Gasteiger charge is 1.97. The van der Waals surface area contributed by atoms with Crippen LogP contribution >= 0.6 is 15.9 Å². The highest BCUT2D eigenvalue weighted by atomic mass is 79.9. The van der Waals surface area contributed by atoms with Crippen LogP contribution in [0.4, 0.5) is 0 Å². The van der Waals surface area contributed by atoms with Crippen molar-refractivity contribution in [1.82, 2.24) is 0 Å². The van der Waals surface area contributed by atoms with Gasteiger partial charge in [0.2, 0.25) is 0 Å². The second-order valence-corrected chi connectivity index (χ2v) is 4.78. The van der Waals surface area contributed by atoms with E-state index in [1.807, 2.05) is 24.3 Å². The van der Waals surface area contributed by atoms with E-state index in [1.54, 1.807) is 0 Å². The summed E-state index contributed by atoms with van der Waals surface area (Å²) < 4.78 is 6.58. The standard InChI is InChI=1S/C13H17BrO3/c14-11-6-5-7-12(10-11)17-9-4-2-1-3-8-13(15)16/h5-7,10H,1-4,8-9H2,(H,15,16). The van der Waals surface area contributed by atoms with Crippen molar-refractivity contribution in [2.75, 3.05) is 6.61 Å². The molecule has 4 heteroatoms. The van der Waals surface area contributed by atoms with Crippen LogP contribution in [-0.4, -0.2) is 17.7 Å². The maximum absolute atomic E-state index is 10.3. The smallest absolute Gasteiger partial charge is 0.303 e. The Bertz CT molecular complexity index is 352. The Labute approximate surface area is 110 Å². The van der Waals surface area contributed by atoms with E-state index in [0.717, 1.165) is 35.9 Å². The first-order valence-corrected chi connectivity index (χ1v) is 6.58. The molecule has 0 aliphatic rings. The monoisotopic (exact) mass is 300 g/mol. The predicted octanol–water partition coefficient (Wildman–Crippen LogP) is 3.86. The summed E-state index contributed by atoms with van der Waals surface area (Å²) in [4.78, 5) is 10.3. The molecule has 0 aliphatic carbocycles. The van der Waals surface area contributed by atoms with Crippen molar-refractivity contribution < 1.29 is 14.6 Å². The van der Waals surface area contributed by atoms with Crippen LogP contribution in [0.2, 0.25) is 0 Å². The SMILES string of the molecule is O=C(O)CCCCCCOc1cccc(Br)c1. The number of benzene rings is 1. The first-order valence-electron chi connectivity index (χ1n) is 5.78. The van der Waals surface area contributed by atoms with Gasteiger partial charge in [0.1, 0.15) is 5.75 Å². The number of halogens is 1. The summed E-state index contributed by atoms with van der Waals surface area (Å²) in [6.07, 6.45) is 3.96. The van der Waals surface area contributed by atoms with Gasteiger partial charge in [0.15, 0.2) is 0 Å². The Hall–Kier alpha value is -1.03. The lowest BCUT2D eigenvalue weighted by Crippen LogP contribution is -1.98. The summed E-state index contributed by atoms with van der Waals surface area (Å²) in [7, 11) is 0. The van der Waals surface area contributed by atoms with E-state index in [0.29, 0.717) is 6.61 Å². The van der Waals surface area contributed by atoms with Crippen molar-refractivity contribution in [2.24, 2.45) is 0 Å². The molecule has 0 bridgehead atoms. The number of aliphatic carboxylic acids is 1. The summed E-state index contributed by atoms with van der Waals surface area (Å²) >= 11 is 3.38. The average Bonchev–Trinajstić information content (AvgIpc) is 2.27. The van der Waals surface area contributed by atoms with Crippen LogP contribution in [-0.2, 0) is 4.79 Å². The second kappa shape index (κ2) is 8.12. The maximum atomic E-state index is 10.3. The van der Waals surface area contributed by atoms with Crippen LogP contribution in [0.5, 0.6) is 5.75 Å². The molecule has 3 nitrogen and oxygen atoms in total. The van der Waals surface area contributed by atoms with Gasteiger partial charge in [0, 0.05) is 10.9 Å². The molecule has 0 amide bonds. The summed E-state index contributed by atoms with van der Waals surface area (Å²) in [5.74, 6) is 0.153. The Morgan fingerprint density at radius 2 is 2.00 bits per heavy atom. The molecule has 0 saturated heterocycles. The summed E-state index contributed by atoms with van der Waals surface area (Å²) in [5.41, 5.74) is 0. The molecule has 1 aromatic rings. The highest BCUT2D eigenvalue weighted by molar-refractivity contribution is 9.10. The molecule has 0 atom stereocenters. The van der Waals surface area contributed by atoms with E-state index in [2.05, 4.69) is 15.9 Å². The quantitative estimate of drug-likeness (QED) is 0.742. The number of hydrogen-bond donors (Lipinski definition) is 1. The summed E-state index contributed by atoms with van der Waals surface area (Å²) in [5, 5.41) is 8.46. The summed E-state index contributed by atoms with van der Waals surface area (Å²) in [6.45, 7) is 0.684. The Morgan fingerprint density at radius 1 is 1.24 bits per heavy atom. The first kappa shape index (κ1) is 14.0. The third kappa shape index (κ3) is 7.00. The molecule has 0 aromatic heterocycles. The van der Waals surface area contributed by atoms with Crippen molar-refractivity contribution in [3.8, 4) is 5.75 Å². The van der Waals surface area contributed by atoms with E-state index in [9.17, 15) is 4.79 Å². The number of carbonyl (C=O) groups is 1. The highest BCUT2D eigenvalue weighted by Crippen LogP contribution is 2.18. The third-order valence-corrected chi connectivity index (χ3v) is 2.84. The number of rotatable bonds is 8. The van der Waals surface area contributed by atoms with Crippen molar-refractivity contribution in [2.45, 2.75) is 32.1 Å². The number of unbranched alkanes of at least 4 members (excludes halogenated alkanes) is 3. The zero-order valence-electron chi connectivity index (χ0n) is 9.69. The average molecular weight is 301 g/mol. The topological polar surface area (TPSA) is 46.5 Å². The van der Waals surface area contributed by atoms with Gasteiger partial charge in [-0.15, -0.1) is 0 Å². The summed E-state index contributed by atoms with van der Waals surface area (Å²) in [6, 6.07) is 7.75. The van der Waals surface area contributed by atoms with Gasteiger partial charge in [0.05, 0.1) is 6.61 Å². The maximum Gasteiger partial charge on any atom is 0.303 e. The third-order valence-electron chi connectivity index (χ3n) is 2.35. The lowest BCUT2D eigenvalue weighted by molar-refractivity contribution is -0.137. The molecular weight excluding hydrogens is 284 g/mol. The molecular formula is C13H17BrO3. The zero-order chi connectivity index (χ0) is 12.5. The van der Waals surface area contributed by atoms with Gasteiger partial charge < -0.3 is 9.84 Å².